The van der Waals surface area contributed by atoms with Crippen LogP contribution in [0.15, 0.2) is 23.0 Å². The number of aromatic amines is 1. The van der Waals surface area contributed by atoms with Crippen molar-refractivity contribution in [2.75, 3.05) is 6.54 Å². The largest absolute Gasteiger partial charge is 0.416 e. The summed E-state index contributed by atoms with van der Waals surface area (Å²) in [6, 6.07) is 3.15. The van der Waals surface area contributed by atoms with E-state index in [0.717, 1.165) is 37.6 Å². The van der Waals surface area contributed by atoms with Crippen molar-refractivity contribution in [1.82, 2.24) is 14.9 Å². The minimum Gasteiger partial charge on any atom is -0.392 e. The van der Waals surface area contributed by atoms with Gasteiger partial charge in [0.05, 0.1) is 29.1 Å². The number of nitrogens with one attached hydrogen (secondary N) is 1. The molecule has 0 bridgehead atoms. The number of halogens is 3. The van der Waals surface area contributed by atoms with Crippen molar-refractivity contribution in [3.05, 3.63) is 39.9 Å². The van der Waals surface area contributed by atoms with Gasteiger partial charge in [-0.3, -0.25) is 9.69 Å². The zero-order valence-electron chi connectivity index (χ0n) is 15.2. The van der Waals surface area contributed by atoms with E-state index in [1.807, 2.05) is 13.8 Å². The Morgan fingerprint density at radius 2 is 2.11 bits per heavy atom. The Morgan fingerprint density at radius 1 is 1.37 bits per heavy atom. The Bertz CT molecular complexity index is 938. The maximum absolute atomic E-state index is 13.0. The maximum Gasteiger partial charge on any atom is 0.416 e. The van der Waals surface area contributed by atoms with E-state index in [0.29, 0.717) is 12.4 Å². The average Bonchev–Trinajstić information content (AvgIpc) is 2.60. The van der Waals surface area contributed by atoms with Gasteiger partial charge in [-0.05, 0) is 37.6 Å². The third-order valence-corrected chi connectivity index (χ3v) is 6.15. The van der Waals surface area contributed by atoms with Crippen LogP contribution in [-0.4, -0.2) is 38.7 Å². The summed E-state index contributed by atoms with van der Waals surface area (Å²) in [5, 5.41) is 10.5. The van der Waals surface area contributed by atoms with Crippen molar-refractivity contribution < 1.29 is 18.3 Å². The number of piperidine rings is 1. The van der Waals surface area contributed by atoms with E-state index >= 15 is 0 Å². The molecule has 5 nitrogen and oxygen atoms in total. The van der Waals surface area contributed by atoms with Crippen LogP contribution >= 0.6 is 0 Å². The number of nitrogens with zero attached hydrogens (tertiary/aromatic N) is 2. The number of hydrogen-bond donors (Lipinski definition) is 2. The van der Waals surface area contributed by atoms with Crippen LogP contribution < -0.4 is 5.56 Å². The van der Waals surface area contributed by atoms with Gasteiger partial charge in [0.25, 0.3) is 5.56 Å². The first-order valence-corrected chi connectivity index (χ1v) is 9.11. The minimum atomic E-state index is -4.48. The van der Waals surface area contributed by atoms with Crippen LogP contribution in [0.3, 0.4) is 0 Å². The molecule has 2 aromatic rings. The normalized spacial score (nSPS) is 28.0. The lowest BCUT2D eigenvalue weighted by Gasteiger charge is -2.62. The van der Waals surface area contributed by atoms with Crippen LogP contribution in [0.2, 0.25) is 0 Å². The van der Waals surface area contributed by atoms with Gasteiger partial charge in [-0.15, -0.1) is 0 Å². The average molecular weight is 381 g/mol. The van der Waals surface area contributed by atoms with Crippen molar-refractivity contribution in [2.45, 2.75) is 51.6 Å². The van der Waals surface area contributed by atoms with E-state index in [1.165, 1.54) is 0 Å². The molecule has 2 fully saturated rings. The number of benzene rings is 1. The molecule has 2 heterocycles. The minimum absolute atomic E-state index is 0.0463. The van der Waals surface area contributed by atoms with E-state index in [1.54, 1.807) is 0 Å². The fourth-order valence-corrected chi connectivity index (χ4v) is 4.87. The molecular weight excluding hydrogens is 359 g/mol. The maximum atomic E-state index is 13.0. The van der Waals surface area contributed by atoms with Crippen molar-refractivity contribution >= 4 is 10.9 Å². The zero-order chi connectivity index (χ0) is 19.6. The number of alkyl halides is 3. The summed E-state index contributed by atoms with van der Waals surface area (Å²) in [7, 11) is 0. The number of aliphatic hydroxyl groups excluding tert-OH is 1. The molecule has 1 saturated carbocycles. The summed E-state index contributed by atoms with van der Waals surface area (Å²) in [5.41, 5.74) is -1.47. The Hall–Kier alpha value is -1.93. The number of aliphatic hydroxyl groups is 1. The van der Waals surface area contributed by atoms with E-state index in [2.05, 4.69) is 14.9 Å². The van der Waals surface area contributed by atoms with E-state index < -0.39 is 17.3 Å². The summed E-state index contributed by atoms with van der Waals surface area (Å²) in [5.74, 6) is 0.544. The molecule has 0 radical (unpaired) electrons. The molecule has 3 atom stereocenters. The SMILES string of the molecule is CC1(C)[C@@H](O)[C@H]2CCCN(Cc3nc4cc(C(F)(F)F)ccc4c(=O)[nH]3)[C@H]21. The van der Waals surface area contributed by atoms with E-state index in [4.69, 9.17) is 0 Å². The molecule has 0 spiro atoms. The third-order valence-electron chi connectivity index (χ3n) is 6.15. The van der Waals surface area contributed by atoms with Gasteiger partial charge in [-0.1, -0.05) is 13.8 Å². The first kappa shape index (κ1) is 18.4. The number of aromatic nitrogens is 2. The molecule has 0 unspecified atom stereocenters. The zero-order valence-corrected chi connectivity index (χ0v) is 15.2. The highest BCUT2D eigenvalue weighted by Crippen LogP contribution is 2.52. The quantitative estimate of drug-likeness (QED) is 0.839. The van der Waals surface area contributed by atoms with Crippen LogP contribution in [0.4, 0.5) is 13.2 Å². The van der Waals surface area contributed by atoms with Crippen LogP contribution in [0, 0.1) is 11.3 Å². The fraction of sp³-hybridized carbons (Fsp3) is 0.579. The van der Waals surface area contributed by atoms with Crippen molar-refractivity contribution in [1.29, 1.82) is 0 Å². The van der Waals surface area contributed by atoms with Crippen molar-refractivity contribution in [3.8, 4) is 0 Å². The molecule has 0 amide bonds. The Morgan fingerprint density at radius 3 is 2.81 bits per heavy atom. The van der Waals surface area contributed by atoms with Gasteiger partial charge in [0, 0.05) is 17.4 Å². The van der Waals surface area contributed by atoms with Crippen LogP contribution in [-0.2, 0) is 12.7 Å². The fourth-order valence-electron chi connectivity index (χ4n) is 4.87. The Kier molecular flexibility index (Phi) is 4.12. The molecule has 1 aromatic carbocycles. The lowest BCUT2D eigenvalue weighted by atomic mass is 9.54. The molecule has 1 aliphatic carbocycles. The lowest BCUT2D eigenvalue weighted by Crippen LogP contribution is -2.69. The predicted octanol–water partition coefficient (Wildman–Crippen LogP) is 2.92. The summed E-state index contributed by atoms with van der Waals surface area (Å²) in [6.45, 7) is 5.19. The molecule has 1 aliphatic heterocycles. The second-order valence-corrected chi connectivity index (χ2v) is 8.23. The van der Waals surface area contributed by atoms with Crippen molar-refractivity contribution in [3.63, 3.8) is 0 Å². The van der Waals surface area contributed by atoms with Gasteiger partial charge in [0.15, 0.2) is 0 Å². The molecule has 1 aromatic heterocycles. The van der Waals surface area contributed by atoms with Gasteiger partial charge in [-0.25, -0.2) is 4.98 Å². The second-order valence-electron chi connectivity index (χ2n) is 8.23. The monoisotopic (exact) mass is 381 g/mol. The van der Waals surface area contributed by atoms with Gasteiger partial charge in [0.2, 0.25) is 0 Å². The van der Waals surface area contributed by atoms with Crippen LogP contribution in [0.5, 0.6) is 0 Å². The summed E-state index contributed by atoms with van der Waals surface area (Å²) < 4.78 is 38.9. The first-order valence-electron chi connectivity index (χ1n) is 9.11. The van der Waals surface area contributed by atoms with Crippen LogP contribution in [0.1, 0.15) is 38.1 Å². The Labute approximate surface area is 154 Å². The van der Waals surface area contributed by atoms with E-state index in [-0.39, 0.29) is 34.4 Å². The molecule has 27 heavy (non-hydrogen) atoms. The highest BCUT2D eigenvalue weighted by Gasteiger charge is 2.58. The van der Waals surface area contributed by atoms with Gasteiger partial charge in [-0.2, -0.15) is 13.2 Å². The van der Waals surface area contributed by atoms with Crippen LogP contribution in [0.25, 0.3) is 10.9 Å². The third kappa shape index (κ3) is 2.95. The lowest BCUT2D eigenvalue weighted by molar-refractivity contribution is -0.194. The molecule has 4 rings (SSSR count). The molecular formula is C19H22F3N3O2. The second kappa shape index (κ2) is 6.04. The van der Waals surface area contributed by atoms with Gasteiger partial charge < -0.3 is 10.1 Å². The first-order chi connectivity index (χ1) is 12.6. The number of H-pyrrole nitrogens is 1. The number of likely N-dealkylation sites (tertiary alicyclic amines) is 1. The standard InChI is InChI=1S/C19H22F3N3O2/c1-18(2)15-12(16(18)26)4-3-7-25(15)9-14-23-13-8-10(19(20,21)22)5-6-11(13)17(27)24-14/h5-6,8,12,15-16,26H,3-4,7,9H2,1-2H3,(H,23,24,27)/t12-,15+,16-/m0/s1. The summed E-state index contributed by atoms with van der Waals surface area (Å²) in [4.78, 5) is 21.5. The van der Waals surface area contributed by atoms with Gasteiger partial charge >= 0.3 is 6.18 Å². The summed E-state index contributed by atoms with van der Waals surface area (Å²) >= 11 is 0. The number of hydrogen-bond acceptors (Lipinski definition) is 4. The number of fused-ring (bicyclic) bond motifs is 2. The molecule has 2 aliphatic rings. The summed E-state index contributed by atoms with van der Waals surface area (Å²) in [6.07, 6.45) is -2.94. The number of rotatable bonds is 2. The molecule has 1 saturated heterocycles. The van der Waals surface area contributed by atoms with Gasteiger partial charge in [0.1, 0.15) is 5.82 Å². The predicted molar refractivity (Wildman–Crippen MR) is 94.1 cm³/mol. The van der Waals surface area contributed by atoms with E-state index in [9.17, 15) is 23.1 Å². The molecule has 146 valence electrons. The smallest absolute Gasteiger partial charge is 0.392 e. The molecule has 8 heteroatoms. The highest BCUT2D eigenvalue weighted by molar-refractivity contribution is 5.78. The molecule has 2 N–H and O–H groups in total. The highest BCUT2D eigenvalue weighted by atomic mass is 19.4. The Balaban J connectivity index is 1.67. The topological polar surface area (TPSA) is 69.2 Å². The van der Waals surface area contributed by atoms with Crippen molar-refractivity contribution in [2.24, 2.45) is 11.3 Å².